The molecule has 0 saturated heterocycles. The van der Waals surface area contributed by atoms with Crippen molar-refractivity contribution in [3.63, 3.8) is 0 Å². The Kier molecular flexibility index (Phi) is 10.0. The van der Waals surface area contributed by atoms with Crippen LogP contribution in [0.3, 0.4) is 0 Å². The Morgan fingerprint density at radius 3 is 0.891 bits per heavy atom. The molecular formula is C42H58N4+4. The standard InChI is InChI=1S/C42H58N4/c1-43(2,25-27-45(5,6)33-37-21-23-39-13-9-11-15-41(39)29-37)31-35-17-19-36(20-18-35)32-44(3,4)26-28-46(7,8)34-38-22-24-40-14-10-12-16-42(40)30-38/h9-24,29-30H,25-28,31-34H2,1-8H3/q+4. The lowest BCUT2D eigenvalue weighted by atomic mass is 10.1. The Morgan fingerprint density at radius 2 is 0.565 bits per heavy atom. The van der Waals surface area contributed by atoms with Gasteiger partial charge in [0.15, 0.2) is 0 Å². The maximum Gasteiger partial charge on any atom is 0.128 e. The number of likely N-dealkylation sites (N-methyl/N-ethyl adjacent to an activating group) is 4. The Morgan fingerprint density at radius 1 is 0.304 bits per heavy atom. The van der Waals surface area contributed by atoms with Crippen molar-refractivity contribution in [2.75, 3.05) is 82.6 Å². The second kappa shape index (κ2) is 13.7. The van der Waals surface area contributed by atoms with Gasteiger partial charge < -0.3 is 17.9 Å². The van der Waals surface area contributed by atoms with Crippen LogP contribution in [0.4, 0.5) is 0 Å². The van der Waals surface area contributed by atoms with E-state index in [1.54, 1.807) is 0 Å². The minimum atomic E-state index is 0.990. The molecule has 0 aromatic heterocycles. The molecule has 5 aromatic carbocycles. The highest BCUT2D eigenvalue weighted by Crippen LogP contribution is 2.21. The Labute approximate surface area is 279 Å². The van der Waals surface area contributed by atoms with Gasteiger partial charge in [-0.1, -0.05) is 97.1 Å². The predicted molar refractivity (Wildman–Crippen MR) is 197 cm³/mol. The molecule has 0 heterocycles. The molecule has 0 amide bonds. The van der Waals surface area contributed by atoms with E-state index in [9.17, 15) is 0 Å². The largest absolute Gasteiger partial charge is 0.320 e. The van der Waals surface area contributed by atoms with Crippen LogP contribution < -0.4 is 0 Å². The van der Waals surface area contributed by atoms with Crippen LogP contribution in [0.2, 0.25) is 0 Å². The minimum absolute atomic E-state index is 0.990. The summed E-state index contributed by atoms with van der Waals surface area (Å²) in [6.45, 7) is 8.75. The van der Waals surface area contributed by atoms with Crippen LogP contribution in [0.1, 0.15) is 22.3 Å². The van der Waals surface area contributed by atoms with E-state index < -0.39 is 0 Å². The number of fused-ring (bicyclic) bond motifs is 2. The number of hydrogen-bond acceptors (Lipinski definition) is 0. The van der Waals surface area contributed by atoms with Crippen molar-refractivity contribution in [1.82, 2.24) is 0 Å². The van der Waals surface area contributed by atoms with E-state index in [4.69, 9.17) is 0 Å². The first-order chi connectivity index (χ1) is 21.7. The summed E-state index contributed by atoms with van der Waals surface area (Å²) in [5.74, 6) is 0. The van der Waals surface area contributed by atoms with Gasteiger partial charge in [-0.05, 0) is 33.7 Å². The first-order valence-corrected chi connectivity index (χ1v) is 17.0. The van der Waals surface area contributed by atoms with Crippen LogP contribution in [0.25, 0.3) is 21.5 Å². The molecule has 0 N–H and O–H groups in total. The molecule has 0 radical (unpaired) electrons. The van der Waals surface area contributed by atoms with Gasteiger partial charge in [0, 0.05) is 22.3 Å². The zero-order chi connectivity index (χ0) is 33.0. The smallest absolute Gasteiger partial charge is 0.128 e. The number of nitrogens with zero attached hydrogens (tertiary/aromatic N) is 4. The molecule has 242 valence electrons. The van der Waals surface area contributed by atoms with Gasteiger partial charge >= 0.3 is 0 Å². The number of benzene rings is 5. The molecule has 5 aromatic rings. The first kappa shape index (κ1) is 33.8. The molecule has 46 heavy (non-hydrogen) atoms. The van der Waals surface area contributed by atoms with Crippen LogP contribution in [0, 0.1) is 0 Å². The average Bonchev–Trinajstić information content (AvgIpc) is 3.00. The summed E-state index contributed by atoms with van der Waals surface area (Å²) in [4.78, 5) is 0. The van der Waals surface area contributed by atoms with Crippen molar-refractivity contribution in [3.05, 3.63) is 131 Å². The van der Waals surface area contributed by atoms with Crippen LogP contribution >= 0.6 is 0 Å². The second-order valence-corrected chi connectivity index (χ2v) is 16.4. The molecular weight excluding hydrogens is 560 g/mol. The average molecular weight is 619 g/mol. The third-order valence-corrected chi connectivity index (χ3v) is 9.71. The molecule has 4 nitrogen and oxygen atoms in total. The molecule has 5 rings (SSSR count). The van der Waals surface area contributed by atoms with Crippen molar-refractivity contribution >= 4 is 21.5 Å². The molecule has 4 heteroatoms. The van der Waals surface area contributed by atoms with Gasteiger partial charge in [-0.15, -0.1) is 0 Å². The predicted octanol–water partition coefficient (Wildman–Crippen LogP) is 7.70. The van der Waals surface area contributed by atoms with Gasteiger partial charge in [0.25, 0.3) is 0 Å². The van der Waals surface area contributed by atoms with Crippen LogP contribution in [-0.2, 0) is 26.2 Å². The van der Waals surface area contributed by atoms with E-state index >= 15 is 0 Å². The second-order valence-electron chi connectivity index (χ2n) is 16.4. The Bertz CT molecular complexity index is 1620. The van der Waals surface area contributed by atoms with Crippen LogP contribution in [0.5, 0.6) is 0 Å². The van der Waals surface area contributed by atoms with Crippen LogP contribution in [-0.4, -0.2) is 100 Å². The number of quaternary nitrogens is 4. The summed E-state index contributed by atoms with van der Waals surface area (Å²) in [5.41, 5.74) is 5.68. The number of hydrogen-bond donors (Lipinski definition) is 0. The highest BCUT2D eigenvalue weighted by Gasteiger charge is 2.26. The fourth-order valence-corrected chi connectivity index (χ4v) is 6.80. The Hall–Kier alpha value is -3.54. The summed E-state index contributed by atoms with van der Waals surface area (Å²) in [6.07, 6.45) is 0. The lowest BCUT2D eigenvalue weighted by molar-refractivity contribution is -0.958. The van der Waals surface area contributed by atoms with Crippen molar-refractivity contribution in [1.29, 1.82) is 0 Å². The van der Waals surface area contributed by atoms with E-state index in [1.807, 2.05) is 0 Å². The van der Waals surface area contributed by atoms with Gasteiger partial charge in [0.05, 0.1) is 56.4 Å². The van der Waals surface area contributed by atoms with Crippen molar-refractivity contribution in [2.24, 2.45) is 0 Å². The third-order valence-electron chi connectivity index (χ3n) is 9.71. The third kappa shape index (κ3) is 9.73. The number of rotatable bonds is 14. The molecule has 0 aliphatic heterocycles. The van der Waals surface area contributed by atoms with E-state index in [2.05, 4.69) is 166 Å². The van der Waals surface area contributed by atoms with Gasteiger partial charge in [-0.25, -0.2) is 0 Å². The van der Waals surface area contributed by atoms with E-state index in [1.165, 1.54) is 43.8 Å². The van der Waals surface area contributed by atoms with E-state index in [0.717, 1.165) is 70.3 Å². The molecule has 0 spiro atoms. The molecule has 0 aliphatic carbocycles. The van der Waals surface area contributed by atoms with Crippen molar-refractivity contribution < 1.29 is 17.9 Å². The fourth-order valence-electron chi connectivity index (χ4n) is 6.80. The first-order valence-electron chi connectivity index (χ1n) is 17.0. The summed E-state index contributed by atoms with van der Waals surface area (Å²) >= 11 is 0. The molecule has 0 atom stereocenters. The molecule has 0 saturated carbocycles. The molecule has 0 fully saturated rings. The van der Waals surface area contributed by atoms with Crippen LogP contribution in [0.15, 0.2) is 109 Å². The van der Waals surface area contributed by atoms with E-state index in [0.29, 0.717) is 0 Å². The zero-order valence-corrected chi connectivity index (χ0v) is 29.8. The Balaban J connectivity index is 1.10. The highest BCUT2D eigenvalue weighted by atomic mass is 15.4. The van der Waals surface area contributed by atoms with Crippen molar-refractivity contribution in [2.45, 2.75) is 26.2 Å². The summed E-state index contributed by atoms with van der Waals surface area (Å²) in [7, 11) is 19.0. The van der Waals surface area contributed by atoms with E-state index in [-0.39, 0.29) is 0 Å². The monoisotopic (exact) mass is 618 g/mol. The normalized spacial score (nSPS) is 13.0. The molecule has 0 unspecified atom stereocenters. The molecule has 0 aliphatic rings. The lowest BCUT2D eigenvalue weighted by Crippen LogP contribution is -2.50. The summed E-state index contributed by atoms with van der Waals surface area (Å²) < 4.78 is 3.96. The van der Waals surface area contributed by atoms with Gasteiger partial charge in [0.1, 0.15) is 52.4 Å². The maximum atomic E-state index is 2.38. The summed E-state index contributed by atoms with van der Waals surface area (Å²) in [6, 6.07) is 40.7. The minimum Gasteiger partial charge on any atom is -0.320 e. The fraction of sp³-hybridized carbons (Fsp3) is 0.381. The quantitative estimate of drug-likeness (QED) is 0.112. The zero-order valence-electron chi connectivity index (χ0n) is 29.8. The topological polar surface area (TPSA) is 0 Å². The van der Waals surface area contributed by atoms with Gasteiger partial charge in [-0.3, -0.25) is 0 Å². The molecule has 0 bridgehead atoms. The highest BCUT2D eigenvalue weighted by molar-refractivity contribution is 5.83. The summed E-state index contributed by atoms with van der Waals surface area (Å²) in [5, 5.41) is 5.31. The SMILES string of the molecule is C[N+](C)(CC[N+](C)(C)Cc1ccc2ccccc2c1)Cc1ccc(C[N+](C)(C)CC[N+](C)(C)Cc2ccc3ccccc3c2)cc1. The lowest BCUT2D eigenvalue weighted by Gasteiger charge is -2.36. The van der Waals surface area contributed by atoms with Gasteiger partial charge in [0.2, 0.25) is 0 Å². The van der Waals surface area contributed by atoms with Gasteiger partial charge in [-0.2, -0.15) is 0 Å². The van der Waals surface area contributed by atoms with Crippen molar-refractivity contribution in [3.8, 4) is 0 Å². The maximum absolute atomic E-state index is 2.38.